The van der Waals surface area contributed by atoms with E-state index in [4.69, 9.17) is 5.73 Å². The Balaban J connectivity index is 2.84. The molecule has 0 saturated heterocycles. The summed E-state index contributed by atoms with van der Waals surface area (Å²) in [5.74, 6) is -0.841. The van der Waals surface area contributed by atoms with Crippen LogP contribution < -0.4 is 11.1 Å². The van der Waals surface area contributed by atoms with E-state index in [9.17, 15) is 9.18 Å². The van der Waals surface area contributed by atoms with Gasteiger partial charge in [-0.2, -0.15) is 0 Å². The number of primary amides is 1. The Hall–Kier alpha value is -1.58. The molecule has 3 N–H and O–H groups in total. The van der Waals surface area contributed by atoms with Gasteiger partial charge < -0.3 is 11.1 Å². The van der Waals surface area contributed by atoms with Crippen LogP contribution in [0.1, 0.15) is 18.9 Å². The van der Waals surface area contributed by atoms with Crippen molar-refractivity contribution in [3.05, 3.63) is 29.6 Å². The zero-order valence-electron chi connectivity index (χ0n) is 8.88. The van der Waals surface area contributed by atoms with E-state index < -0.39 is 11.9 Å². The number of aryl methyl sites for hydroxylation is 1. The number of nitrogens with one attached hydrogen (secondary N) is 1. The Bertz CT molecular complexity index is 366. The van der Waals surface area contributed by atoms with Crippen molar-refractivity contribution >= 4 is 11.6 Å². The molecule has 82 valence electrons. The first-order valence-electron chi connectivity index (χ1n) is 4.86. The largest absolute Gasteiger partial charge is 0.371 e. The fraction of sp³-hybridized carbons (Fsp3) is 0.364. The molecule has 1 amide bonds. The first-order chi connectivity index (χ1) is 7.04. The van der Waals surface area contributed by atoms with Gasteiger partial charge in [0.1, 0.15) is 11.9 Å². The topological polar surface area (TPSA) is 55.1 Å². The Morgan fingerprint density at radius 2 is 2.27 bits per heavy atom. The molecule has 0 fully saturated rings. The summed E-state index contributed by atoms with van der Waals surface area (Å²) in [6.45, 7) is 3.62. The second-order valence-corrected chi connectivity index (χ2v) is 3.49. The molecular formula is C11H15FN2O. The van der Waals surface area contributed by atoms with Gasteiger partial charge in [0, 0.05) is 0 Å². The van der Waals surface area contributed by atoms with E-state index in [2.05, 4.69) is 5.32 Å². The molecule has 15 heavy (non-hydrogen) atoms. The maximum Gasteiger partial charge on any atom is 0.239 e. The molecule has 1 aromatic rings. The fourth-order valence-corrected chi connectivity index (χ4v) is 1.30. The van der Waals surface area contributed by atoms with Gasteiger partial charge in [-0.15, -0.1) is 0 Å². The van der Waals surface area contributed by atoms with Crippen LogP contribution in [0, 0.1) is 12.7 Å². The summed E-state index contributed by atoms with van der Waals surface area (Å²) < 4.78 is 13.4. The van der Waals surface area contributed by atoms with E-state index in [1.54, 1.807) is 19.1 Å². The van der Waals surface area contributed by atoms with E-state index in [1.165, 1.54) is 6.07 Å². The molecule has 0 radical (unpaired) electrons. The van der Waals surface area contributed by atoms with Crippen LogP contribution in [0.4, 0.5) is 10.1 Å². The Kier molecular flexibility index (Phi) is 3.66. The van der Waals surface area contributed by atoms with Crippen LogP contribution >= 0.6 is 0 Å². The number of hydrogen-bond donors (Lipinski definition) is 2. The molecule has 0 saturated carbocycles. The molecule has 0 bridgehead atoms. The van der Waals surface area contributed by atoms with Crippen molar-refractivity contribution in [3.8, 4) is 0 Å². The predicted molar refractivity (Wildman–Crippen MR) is 58.0 cm³/mol. The molecule has 4 heteroatoms. The van der Waals surface area contributed by atoms with Crippen LogP contribution in [0.15, 0.2) is 18.2 Å². The predicted octanol–water partition coefficient (Wildman–Crippen LogP) is 1.81. The van der Waals surface area contributed by atoms with Gasteiger partial charge in [0.15, 0.2) is 0 Å². The molecule has 0 spiro atoms. The summed E-state index contributed by atoms with van der Waals surface area (Å²) >= 11 is 0. The van der Waals surface area contributed by atoms with Gasteiger partial charge in [0.05, 0.1) is 5.69 Å². The van der Waals surface area contributed by atoms with E-state index >= 15 is 0 Å². The third kappa shape index (κ3) is 2.94. The monoisotopic (exact) mass is 210 g/mol. The minimum Gasteiger partial charge on any atom is -0.371 e. The smallest absolute Gasteiger partial charge is 0.239 e. The maximum absolute atomic E-state index is 13.4. The van der Waals surface area contributed by atoms with Crippen molar-refractivity contribution in [2.75, 3.05) is 5.32 Å². The molecule has 0 aromatic heterocycles. The SMILES string of the molecule is CCC(Nc1ccc(C)cc1F)C(N)=O. The van der Waals surface area contributed by atoms with Crippen LogP contribution in [-0.4, -0.2) is 11.9 Å². The zero-order chi connectivity index (χ0) is 11.4. The first kappa shape index (κ1) is 11.5. The van der Waals surface area contributed by atoms with Crippen molar-refractivity contribution in [2.24, 2.45) is 5.73 Å². The third-order valence-corrected chi connectivity index (χ3v) is 2.21. The van der Waals surface area contributed by atoms with Crippen molar-refractivity contribution in [1.29, 1.82) is 0 Å². The van der Waals surface area contributed by atoms with Gasteiger partial charge >= 0.3 is 0 Å². The Morgan fingerprint density at radius 3 is 2.73 bits per heavy atom. The number of benzene rings is 1. The van der Waals surface area contributed by atoms with Crippen LogP contribution in [0.25, 0.3) is 0 Å². The maximum atomic E-state index is 13.4. The van der Waals surface area contributed by atoms with E-state index in [1.807, 2.05) is 6.92 Å². The van der Waals surface area contributed by atoms with Crippen LogP contribution in [-0.2, 0) is 4.79 Å². The van der Waals surface area contributed by atoms with E-state index in [-0.39, 0.29) is 5.82 Å². The van der Waals surface area contributed by atoms with Crippen molar-refractivity contribution in [3.63, 3.8) is 0 Å². The molecule has 0 heterocycles. The number of hydrogen-bond acceptors (Lipinski definition) is 2. The summed E-state index contributed by atoms with van der Waals surface area (Å²) in [5.41, 5.74) is 6.30. The molecule has 1 rings (SSSR count). The van der Waals surface area contributed by atoms with Gasteiger partial charge in [0.2, 0.25) is 5.91 Å². The third-order valence-electron chi connectivity index (χ3n) is 2.21. The van der Waals surface area contributed by atoms with Gasteiger partial charge in [-0.1, -0.05) is 13.0 Å². The summed E-state index contributed by atoms with van der Waals surface area (Å²) in [5, 5.41) is 2.77. The molecule has 1 aromatic carbocycles. The number of carbonyl (C=O) groups is 1. The molecular weight excluding hydrogens is 195 g/mol. The second-order valence-electron chi connectivity index (χ2n) is 3.49. The van der Waals surface area contributed by atoms with Crippen LogP contribution in [0.2, 0.25) is 0 Å². The van der Waals surface area contributed by atoms with E-state index in [0.29, 0.717) is 12.1 Å². The Morgan fingerprint density at radius 1 is 1.60 bits per heavy atom. The number of anilines is 1. The fourth-order valence-electron chi connectivity index (χ4n) is 1.30. The van der Waals surface area contributed by atoms with Gasteiger partial charge in [-0.3, -0.25) is 4.79 Å². The highest BCUT2D eigenvalue weighted by molar-refractivity contribution is 5.82. The van der Waals surface area contributed by atoms with Crippen LogP contribution in [0.3, 0.4) is 0 Å². The lowest BCUT2D eigenvalue weighted by Crippen LogP contribution is -2.34. The standard InChI is InChI=1S/C11H15FN2O/c1-3-9(11(13)15)14-10-5-4-7(2)6-8(10)12/h4-6,9,14H,3H2,1-2H3,(H2,13,15). The lowest BCUT2D eigenvalue weighted by Gasteiger charge is -2.15. The summed E-state index contributed by atoms with van der Waals surface area (Å²) in [7, 11) is 0. The van der Waals surface area contributed by atoms with Gasteiger partial charge in [-0.05, 0) is 31.0 Å². The first-order valence-corrected chi connectivity index (χ1v) is 4.86. The number of nitrogens with two attached hydrogens (primary N) is 1. The minimum absolute atomic E-state index is 0.311. The highest BCUT2D eigenvalue weighted by Gasteiger charge is 2.13. The van der Waals surface area contributed by atoms with Crippen molar-refractivity contribution in [1.82, 2.24) is 0 Å². The number of halogens is 1. The highest BCUT2D eigenvalue weighted by Crippen LogP contribution is 2.16. The summed E-state index contributed by atoms with van der Waals surface area (Å²) in [6.07, 6.45) is 0.530. The van der Waals surface area contributed by atoms with Crippen LogP contribution in [0.5, 0.6) is 0 Å². The molecule has 1 unspecified atom stereocenters. The molecule has 3 nitrogen and oxygen atoms in total. The van der Waals surface area contributed by atoms with E-state index in [0.717, 1.165) is 5.56 Å². The molecule has 1 atom stereocenters. The van der Waals surface area contributed by atoms with Gasteiger partial charge in [-0.25, -0.2) is 4.39 Å². The number of carbonyl (C=O) groups excluding carboxylic acids is 1. The number of rotatable bonds is 4. The Labute approximate surface area is 88.5 Å². The number of amides is 1. The van der Waals surface area contributed by atoms with Crippen molar-refractivity contribution < 1.29 is 9.18 Å². The zero-order valence-corrected chi connectivity index (χ0v) is 8.88. The molecule has 0 aliphatic carbocycles. The average molecular weight is 210 g/mol. The van der Waals surface area contributed by atoms with Gasteiger partial charge in [0.25, 0.3) is 0 Å². The molecule has 0 aliphatic heterocycles. The summed E-state index contributed by atoms with van der Waals surface area (Å²) in [6, 6.07) is 4.27. The van der Waals surface area contributed by atoms with Crippen molar-refractivity contribution in [2.45, 2.75) is 26.3 Å². The highest BCUT2D eigenvalue weighted by atomic mass is 19.1. The lowest BCUT2D eigenvalue weighted by molar-refractivity contribution is -0.118. The quantitative estimate of drug-likeness (QED) is 0.796. The average Bonchev–Trinajstić information content (AvgIpc) is 2.16. The molecule has 0 aliphatic rings. The second kappa shape index (κ2) is 4.77. The normalized spacial score (nSPS) is 12.2. The summed E-state index contributed by atoms with van der Waals surface area (Å²) in [4.78, 5) is 11.0. The lowest BCUT2D eigenvalue weighted by atomic mass is 10.1. The minimum atomic E-state index is -0.526.